The Morgan fingerprint density at radius 3 is 2.82 bits per heavy atom. The molecule has 146 valence electrons. The van der Waals surface area contributed by atoms with Gasteiger partial charge in [-0.1, -0.05) is 42.8 Å². The van der Waals surface area contributed by atoms with Crippen LogP contribution in [-0.4, -0.2) is 28.2 Å². The molecule has 0 aliphatic carbocycles. The number of para-hydroxylation sites is 1. The predicted octanol–water partition coefficient (Wildman–Crippen LogP) is 4.67. The molecule has 3 aromatic rings. The van der Waals surface area contributed by atoms with Crippen molar-refractivity contribution in [2.45, 2.75) is 33.3 Å². The van der Waals surface area contributed by atoms with E-state index in [2.05, 4.69) is 41.3 Å². The van der Waals surface area contributed by atoms with E-state index < -0.39 is 0 Å². The number of rotatable bonds is 8. The molecule has 0 unspecified atom stereocenters. The number of ether oxygens (including phenoxy) is 2. The normalized spacial score (nSPS) is 11.1. The van der Waals surface area contributed by atoms with Gasteiger partial charge in [0.25, 0.3) is 0 Å². The Bertz CT molecular complexity index is 1020. The van der Waals surface area contributed by atoms with E-state index in [0.29, 0.717) is 22.9 Å². The molecule has 0 aliphatic rings. The summed E-state index contributed by atoms with van der Waals surface area (Å²) in [5.41, 5.74) is 3.09. The van der Waals surface area contributed by atoms with E-state index >= 15 is 0 Å². The van der Waals surface area contributed by atoms with E-state index in [1.165, 1.54) is 5.56 Å². The lowest BCUT2D eigenvalue weighted by atomic mass is 10.1. The van der Waals surface area contributed by atoms with Crippen molar-refractivity contribution >= 4 is 18.4 Å². The van der Waals surface area contributed by atoms with E-state index in [0.717, 1.165) is 29.8 Å². The summed E-state index contributed by atoms with van der Waals surface area (Å²) in [6.07, 6.45) is 3.47. The van der Waals surface area contributed by atoms with Crippen molar-refractivity contribution in [2.75, 3.05) is 7.11 Å². The van der Waals surface area contributed by atoms with Gasteiger partial charge in [-0.05, 0) is 43.3 Å². The number of nitrogens with one attached hydrogen (secondary N) is 1. The molecule has 6 nitrogen and oxygen atoms in total. The van der Waals surface area contributed by atoms with Crippen LogP contribution >= 0.6 is 12.2 Å². The van der Waals surface area contributed by atoms with Crippen LogP contribution in [0, 0.1) is 11.7 Å². The largest absolute Gasteiger partial charge is 0.493 e. The molecular weight excluding hydrogens is 372 g/mol. The summed E-state index contributed by atoms with van der Waals surface area (Å²) in [6.45, 7) is 4.59. The van der Waals surface area contributed by atoms with Crippen molar-refractivity contribution in [1.82, 2.24) is 14.9 Å². The Balaban J connectivity index is 1.89. The van der Waals surface area contributed by atoms with Crippen LogP contribution in [-0.2, 0) is 13.0 Å². The van der Waals surface area contributed by atoms with Gasteiger partial charge >= 0.3 is 0 Å². The Morgan fingerprint density at radius 2 is 2.07 bits per heavy atom. The van der Waals surface area contributed by atoms with Crippen LogP contribution in [0.25, 0.3) is 0 Å². The number of methoxy groups -OCH3 is 1. The van der Waals surface area contributed by atoms with E-state index in [1.54, 1.807) is 18.0 Å². The summed E-state index contributed by atoms with van der Waals surface area (Å²) in [7, 11) is 1.63. The third-order valence-corrected chi connectivity index (χ3v) is 4.46. The molecule has 0 saturated heterocycles. The number of hydrogen-bond acceptors (Lipinski definition) is 5. The lowest BCUT2D eigenvalue weighted by Gasteiger charge is -2.13. The van der Waals surface area contributed by atoms with Gasteiger partial charge in [0.15, 0.2) is 17.3 Å². The molecule has 7 heteroatoms. The van der Waals surface area contributed by atoms with Crippen LogP contribution in [0.1, 0.15) is 35.9 Å². The second kappa shape index (κ2) is 9.32. The summed E-state index contributed by atoms with van der Waals surface area (Å²) >= 11 is 5.29. The first kappa shape index (κ1) is 19.8. The van der Waals surface area contributed by atoms with Gasteiger partial charge in [-0.3, -0.25) is 5.10 Å². The van der Waals surface area contributed by atoms with Crippen molar-refractivity contribution in [3.8, 4) is 11.5 Å². The molecule has 0 amide bonds. The minimum absolute atomic E-state index is 0.440. The molecule has 0 saturated carbocycles. The standard InChI is InChI=1S/C21H24N4O2S/c1-4-7-19-23-24-21(28)25(19)22-13-17-10-6-11-18(26-3)20(17)27-14-16-9-5-8-15(2)12-16/h5-6,8-13H,4,7,14H2,1-3H3,(H,24,28)/b22-13-. The lowest BCUT2D eigenvalue weighted by Crippen LogP contribution is -2.03. The average molecular weight is 397 g/mol. The number of H-pyrrole nitrogens is 1. The van der Waals surface area contributed by atoms with Crippen molar-refractivity contribution in [1.29, 1.82) is 0 Å². The van der Waals surface area contributed by atoms with Gasteiger partial charge in [-0.2, -0.15) is 14.9 Å². The predicted molar refractivity (Wildman–Crippen MR) is 113 cm³/mol. The number of hydrogen-bond donors (Lipinski definition) is 1. The minimum Gasteiger partial charge on any atom is -0.493 e. The molecule has 1 heterocycles. The maximum atomic E-state index is 6.10. The Labute approximate surface area is 169 Å². The average Bonchev–Trinajstić information content (AvgIpc) is 3.04. The molecule has 1 N–H and O–H groups in total. The number of aryl methyl sites for hydroxylation is 2. The molecule has 0 aliphatic heterocycles. The maximum absolute atomic E-state index is 6.10. The molecule has 0 radical (unpaired) electrons. The Kier molecular flexibility index (Phi) is 6.60. The lowest BCUT2D eigenvalue weighted by molar-refractivity contribution is 0.284. The highest BCUT2D eigenvalue weighted by atomic mass is 32.1. The van der Waals surface area contributed by atoms with Gasteiger partial charge in [0, 0.05) is 12.0 Å². The smallest absolute Gasteiger partial charge is 0.216 e. The monoisotopic (exact) mass is 396 g/mol. The van der Waals surface area contributed by atoms with Crippen LogP contribution in [0.4, 0.5) is 0 Å². The SMILES string of the molecule is CCCc1n[nH]c(=S)n1/N=C\c1cccc(OC)c1OCc1cccc(C)c1. The highest BCUT2D eigenvalue weighted by Crippen LogP contribution is 2.31. The molecule has 0 bridgehead atoms. The number of benzene rings is 2. The fourth-order valence-electron chi connectivity index (χ4n) is 2.86. The van der Waals surface area contributed by atoms with Crippen LogP contribution in [0.3, 0.4) is 0 Å². The Morgan fingerprint density at radius 1 is 1.25 bits per heavy atom. The van der Waals surface area contributed by atoms with Gasteiger partial charge in [0.1, 0.15) is 6.61 Å². The zero-order valence-electron chi connectivity index (χ0n) is 16.3. The number of aromatic amines is 1. The molecule has 0 fully saturated rings. The highest BCUT2D eigenvalue weighted by Gasteiger charge is 2.11. The summed E-state index contributed by atoms with van der Waals surface area (Å²) in [6, 6.07) is 13.9. The zero-order chi connectivity index (χ0) is 19.9. The first-order valence-electron chi connectivity index (χ1n) is 9.18. The van der Waals surface area contributed by atoms with Crippen molar-refractivity contribution < 1.29 is 9.47 Å². The van der Waals surface area contributed by atoms with E-state index in [1.807, 2.05) is 30.3 Å². The van der Waals surface area contributed by atoms with Crippen LogP contribution in [0.2, 0.25) is 0 Å². The quantitative estimate of drug-likeness (QED) is 0.444. The van der Waals surface area contributed by atoms with Crippen LogP contribution in [0.15, 0.2) is 47.6 Å². The van der Waals surface area contributed by atoms with Gasteiger partial charge < -0.3 is 9.47 Å². The summed E-state index contributed by atoms with van der Waals surface area (Å²) < 4.78 is 13.7. The van der Waals surface area contributed by atoms with Gasteiger partial charge in [0.05, 0.1) is 13.3 Å². The van der Waals surface area contributed by atoms with Crippen molar-refractivity contribution in [3.05, 3.63) is 69.8 Å². The zero-order valence-corrected chi connectivity index (χ0v) is 17.1. The molecule has 0 atom stereocenters. The molecule has 3 rings (SSSR count). The third-order valence-electron chi connectivity index (χ3n) is 4.20. The molecule has 28 heavy (non-hydrogen) atoms. The van der Waals surface area contributed by atoms with E-state index in [-0.39, 0.29) is 0 Å². The fraction of sp³-hybridized carbons (Fsp3) is 0.286. The molecule has 2 aromatic carbocycles. The van der Waals surface area contributed by atoms with Gasteiger partial charge in [-0.15, -0.1) is 0 Å². The maximum Gasteiger partial charge on any atom is 0.216 e. The second-order valence-corrected chi connectivity index (χ2v) is 6.79. The molecule has 0 spiro atoms. The van der Waals surface area contributed by atoms with Crippen molar-refractivity contribution in [3.63, 3.8) is 0 Å². The first-order valence-corrected chi connectivity index (χ1v) is 9.59. The van der Waals surface area contributed by atoms with E-state index in [9.17, 15) is 0 Å². The Hall–Kier alpha value is -2.93. The summed E-state index contributed by atoms with van der Waals surface area (Å²) in [5.74, 6) is 2.09. The van der Waals surface area contributed by atoms with Crippen LogP contribution in [0.5, 0.6) is 11.5 Å². The topological polar surface area (TPSA) is 64.4 Å². The third kappa shape index (κ3) is 4.67. The number of nitrogens with zero attached hydrogens (tertiary/aromatic N) is 3. The second-order valence-electron chi connectivity index (χ2n) is 6.41. The highest BCUT2D eigenvalue weighted by molar-refractivity contribution is 7.71. The minimum atomic E-state index is 0.440. The summed E-state index contributed by atoms with van der Waals surface area (Å²) in [4.78, 5) is 0. The number of aromatic nitrogens is 3. The van der Waals surface area contributed by atoms with Crippen LogP contribution < -0.4 is 9.47 Å². The van der Waals surface area contributed by atoms with Crippen molar-refractivity contribution in [2.24, 2.45) is 5.10 Å². The van der Waals surface area contributed by atoms with Gasteiger partial charge in [0.2, 0.25) is 4.77 Å². The molecule has 1 aromatic heterocycles. The fourth-order valence-corrected chi connectivity index (χ4v) is 3.05. The van der Waals surface area contributed by atoms with E-state index in [4.69, 9.17) is 21.7 Å². The van der Waals surface area contributed by atoms with Gasteiger partial charge in [-0.25, -0.2) is 0 Å². The molecular formula is C21H24N4O2S. The first-order chi connectivity index (χ1) is 13.6. The summed E-state index contributed by atoms with van der Waals surface area (Å²) in [5, 5.41) is 11.5.